The lowest BCUT2D eigenvalue weighted by molar-refractivity contribution is 0.0695. The third-order valence-corrected chi connectivity index (χ3v) is 3.15. The van der Waals surface area contributed by atoms with E-state index in [-0.39, 0.29) is 5.56 Å². The number of nitrogens with zero attached hydrogens (tertiary/aromatic N) is 2. The maximum atomic E-state index is 11.1. The highest BCUT2D eigenvalue weighted by Gasteiger charge is 2.15. The van der Waals surface area contributed by atoms with E-state index in [1.807, 2.05) is 6.07 Å². The molecule has 0 atom stereocenters. The van der Waals surface area contributed by atoms with Gasteiger partial charge in [0.2, 0.25) is 0 Å². The number of methoxy groups -OCH3 is 2. The van der Waals surface area contributed by atoms with Crippen LogP contribution in [0.4, 0.5) is 5.69 Å². The summed E-state index contributed by atoms with van der Waals surface area (Å²) in [6, 6.07) is 5.37. The third-order valence-electron chi connectivity index (χ3n) is 3.15. The van der Waals surface area contributed by atoms with E-state index in [2.05, 4.69) is 10.4 Å². The van der Waals surface area contributed by atoms with E-state index in [9.17, 15) is 4.79 Å². The summed E-state index contributed by atoms with van der Waals surface area (Å²) in [7, 11) is 4.85. The van der Waals surface area contributed by atoms with Crippen LogP contribution in [0.15, 0.2) is 24.4 Å². The number of carboxylic acids is 1. The zero-order chi connectivity index (χ0) is 15.4. The van der Waals surface area contributed by atoms with Crippen molar-refractivity contribution in [3.63, 3.8) is 0 Å². The Morgan fingerprint density at radius 2 is 2.14 bits per heavy atom. The topological polar surface area (TPSA) is 85.6 Å². The van der Waals surface area contributed by atoms with Crippen molar-refractivity contribution in [2.45, 2.75) is 6.54 Å². The molecule has 1 heterocycles. The van der Waals surface area contributed by atoms with E-state index in [1.54, 1.807) is 33.4 Å². The summed E-state index contributed by atoms with van der Waals surface area (Å²) >= 11 is 0. The Kier molecular flexibility index (Phi) is 4.32. The van der Waals surface area contributed by atoms with Crippen LogP contribution in [0.1, 0.15) is 16.1 Å². The molecule has 2 rings (SSSR count). The minimum Gasteiger partial charge on any atom is -0.497 e. The summed E-state index contributed by atoms with van der Waals surface area (Å²) in [6.07, 6.45) is 1.34. The highest BCUT2D eigenvalue weighted by Crippen LogP contribution is 2.29. The van der Waals surface area contributed by atoms with Crippen molar-refractivity contribution in [2.75, 3.05) is 19.5 Å². The predicted octanol–water partition coefficient (Wildman–Crippen LogP) is 1.75. The number of aryl methyl sites for hydroxylation is 1. The Hall–Kier alpha value is -2.70. The van der Waals surface area contributed by atoms with Gasteiger partial charge in [-0.15, -0.1) is 0 Å². The molecular weight excluding hydrogens is 274 g/mol. The summed E-state index contributed by atoms with van der Waals surface area (Å²) in [5.41, 5.74) is 1.51. The van der Waals surface area contributed by atoms with E-state index < -0.39 is 5.97 Å². The number of aromatic nitrogens is 2. The molecule has 0 unspecified atom stereocenters. The lowest BCUT2D eigenvalue weighted by Crippen LogP contribution is -2.10. The van der Waals surface area contributed by atoms with E-state index in [0.717, 1.165) is 5.69 Å². The van der Waals surface area contributed by atoms with Crippen molar-refractivity contribution in [3.05, 3.63) is 35.7 Å². The minimum absolute atomic E-state index is 0.178. The van der Waals surface area contributed by atoms with Crippen LogP contribution >= 0.6 is 0 Å². The van der Waals surface area contributed by atoms with Gasteiger partial charge in [-0.05, 0) is 12.1 Å². The quantitative estimate of drug-likeness (QED) is 0.843. The maximum absolute atomic E-state index is 11.1. The van der Waals surface area contributed by atoms with Gasteiger partial charge < -0.3 is 19.9 Å². The fourth-order valence-electron chi connectivity index (χ4n) is 1.97. The molecule has 0 bridgehead atoms. The first-order valence-corrected chi connectivity index (χ1v) is 6.27. The maximum Gasteiger partial charge on any atom is 0.339 e. The Labute approximate surface area is 122 Å². The molecule has 0 aliphatic carbocycles. The summed E-state index contributed by atoms with van der Waals surface area (Å²) in [5.74, 6) is 0.305. The molecule has 0 amide bonds. The number of rotatable bonds is 6. The van der Waals surface area contributed by atoms with Crippen LogP contribution in [0.3, 0.4) is 0 Å². The number of carbonyl (C=O) groups is 1. The summed E-state index contributed by atoms with van der Waals surface area (Å²) in [4.78, 5) is 11.1. The summed E-state index contributed by atoms with van der Waals surface area (Å²) < 4.78 is 12.0. The molecule has 2 N–H and O–H groups in total. The van der Waals surface area contributed by atoms with Crippen molar-refractivity contribution in [2.24, 2.45) is 7.05 Å². The number of ether oxygens (including phenoxy) is 2. The van der Waals surface area contributed by atoms with Gasteiger partial charge in [0.15, 0.2) is 0 Å². The molecule has 0 fully saturated rings. The molecular formula is C14H17N3O4. The highest BCUT2D eigenvalue weighted by molar-refractivity contribution is 5.88. The second-order valence-corrected chi connectivity index (χ2v) is 4.35. The SMILES string of the molecule is COc1ccc(NCc2c(C(=O)O)cnn2C)c(OC)c1. The van der Waals surface area contributed by atoms with Gasteiger partial charge in [-0.25, -0.2) is 4.79 Å². The smallest absolute Gasteiger partial charge is 0.339 e. The van der Waals surface area contributed by atoms with E-state index >= 15 is 0 Å². The van der Waals surface area contributed by atoms with Crippen LogP contribution in [-0.2, 0) is 13.6 Å². The number of anilines is 1. The van der Waals surface area contributed by atoms with Crippen molar-refractivity contribution in [3.8, 4) is 11.5 Å². The second-order valence-electron chi connectivity index (χ2n) is 4.35. The largest absolute Gasteiger partial charge is 0.497 e. The molecule has 0 saturated carbocycles. The van der Waals surface area contributed by atoms with Crippen LogP contribution in [-0.4, -0.2) is 35.1 Å². The van der Waals surface area contributed by atoms with Crippen molar-refractivity contribution in [1.82, 2.24) is 9.78 Å². The molecule has 0 aliphatic rings. The van der Waals surface area contributed by atoms with Gasteiger partial charge in [0.25, 0.3) is 0 Å². The van der Waals surface area contributed by atoms with Gasteiger partial charge in [0.1, 0.15) is 17.1 Å². The molecule has 1 aromatic heterocycles. The monoisotopic (exact) mass is 291 g/mol. The van der Waals surface area contributed by atoms with Gasteiger partial charge in [-0.1, -0.05) is 0 Å². The number of aromatic carboxylic acids is 1. The van der Waals surface area contributed by atoms with Crippen molar-refractivity contribution < 1.29 is 19.4 Å². The molecule has 2 aromatic rings. The van der Waals surface area contributed by atoms with Crippen LogP contribution < -0.4 is 14.8 Å². The van der Waals surface area contributed by atoms with Crippen LogP contribution in [0.25, 0.3) is 0 Å². The summed E-state index contributed by atoms with van der Waals surface area (Å²) in [5, 5.41) is 16.2. The normalized spacial score (nSPS) is 10.2. The number of carboxylic acid groups (broad SMARTS) is 1. The number of hydrogen-bond acceptors (Lipinski definition) is 5. The Bertz CT molecular complexity index is 652. The molecule has 0 aliphatic heterocycles. The lowest BCUT2D eigenvalue weighted by Gasteiger charge is -2.13. The van der Waals surface area contributed by atoms with E-state index in [1.165, 1.54) is 10.9 Å². The standard InChI is InChI=1S/C14H17N3O4/c1-17-12(10(7-16-17)14(18)19)8-15-11-5-4-9(20-2)6-13(11)21-3/h4-7,15H,8H2,1-3H3,(H,18,19). The Morgan fingerprint density at radius 1 is 1.38 bits per heavy atom. The van der Waals surface area contributed by atoms with Crippen molar-refractivity contribution >= 4 is 11.7 Å². The Balaban J connectivity index is 2.20. The van der Waals surface area contributed by atoms with Gasteiger partial charge in [0.05, 0.1) is 38.3 Å². The number of nitrogens with one attached hydrogen (secondary N) is 1. The zero-order valence-electron chi connectivity index (χ0n) is 12.1. The van der Waals surface area contributed by atoms with Crippen LogP contribution in [0.5, 0.6) is 11.5 Å². The van der Waals surface area contributed by atoms with Crippen molar-refractivity contribution in [1.29, 1.82) is 0 Å². The average molecular weight is 291 g/mol. The van der Waals surface area contributed by atoms with Gasteiger partial charge in [0, 0.05) is 13.1 Å². The molecule has 21 heavy (non-hydrogen) atoms. The minimum atomic E-state index is -0.999. The van der Waals surface area contributed by atoms with Gasteiger partial charge in [-0.3, -0.25) is 4.68 Å². The lowest BCUT2D eigenvalue weighted by atomic mass is 10.2. The molecule has 112 valence electrons. The molecule has 0 saturated heterocycles. The zero-order valence-corrected chi connectivity index (χ0v) is 12.1. The molecule has 7 nitrogen and oxygen atoms in total. The molecule has 0 spiro atoms. The molecule has 0 radical (unpaired) electrons. The second kappa shape index (κ2) is 6.17. The number of benzene rings is 1. The summed E-state index contributed by atoms with van der Waals surface area (Å²) in [6.45, 7) is 0.320. The van der Waals surface area contributed by atoms with Gasteiger partial charge in [-0.2, -0.15) is 5.10 Å². The average Bonchev–Trinajstić information content (AvgIpc) is 2.86. The first kappa shape index (κ1) is 14.7. The third kappa shape index (κ3) is 3.07. The molecule has 7 heteroatoms. The first-order chi connectivity index (χ1) is 10.1. The van der Waals surface area contributed by atoms with Gasteiger partial charge >= 0.3 is 5.97 Å². The van der Waals surface area contributed by atoms with Crippen LogP contribution in [0.2, 0.25) is 0 Å². The fourth-order valence-corrected chi connectivity index (χ4v) is 1.97. The fraction of sp³-hybridized carbons (Fsp3) is 0.286. The van der Waals surface area contributed by atoms with E-state index in [0.29, 0.717) is 23.7 Å². The number of hydrogen-bond donors (Lipinski definition) is 2. The molecule has 1 aromatic carbocycles. The first-order valence-electron chi connectivity index (χ1n) is 6.27. The van der Waals surface area contributed by atoms with E-state index in [4.69, 9.17) is 14.6 Å². The Morgan fingerprint density at radius 3 is 2.76 bits per heavy atom. The highest BCUT2D eigenvalue weighted by atomic mass is 16.5. The van der Waals surface area contributed by atoms with Crippen LogP contribution in [0, 0.1) is 0 Å². The predicted molar refractivity (Wildman–Crippen MR) is 77.0 cm³/mol.